The smallest absolute Gasteiger partial charge is 0.303 e. The summed E-state index contributed by atoms with van der Waals surface area (Å²) in [4.78, 5) is 36.1. The zero-order valence-corrected chi connectivity index (χ0v) is 25.6. The van der Waals surface area contributed by atoms with Crippen molar-refractivity contribution in [1.82, 2.24) is 4.90 Å². The Bertz CT molecular complexity index is 1350. The number of rotatable bonds is 12. The number of likely N-dealkylation sites (N-methyl/N-ethyl adjacent to an activating group) is 1. The number of unbranched alkanes of at least 4 members (excludes halogenated alkanes) is 4. The maximum absolute atomic E-state index is 12.1. The molecule has 1 N–H and O–H groups in total. The van der Waals surface area contributed by atoms with Crippen LogP contribution in [0.1, 0.15) is 85.3 Å². The molecular formula is C33H41NO6S. The Morgan fingerprint density at radius 1 is 1.05 bits per heavy atom. The molecule has 1 unspecified atom stereocenters. The van der Waals surface area contributed by atoms with Crippen molar-refractivity contribution in [2.75, 3.05) is 13.7 Å². The van der Waals surface area contributed by atoms with Gasteiger partial charge in [-0.15, -0.1) is 0 Å². The number of carbonyl (C=O) groups excluding carboxylic acids is 2. The summed E-state index contributed by atoms with van der Waals surface area (Å²) < 4.78 is 12.8. The molecule has 2 amide bonds. The number of fused-ring (bicyclic) bond motifs is 1. The number of carboxylic acid groups (broad SMARTS) is 1. The molecule has 0 spiro atoms. The van der Waals surface area contributed by atoms with E-state index in [1.165, 1.54) is 34.9 Å². The molecule has 0 aliphatic carbocycles. The minimum atomic E-state index is -0.708. The molecule has 7 nitrogen and oxygen atoms in total. The summed E-state index contributed by atoms with van der Waals surface area (Å²) in [5, 5.41) is 8.53. The number of benzene rings is 2. The first-order chi connectivity index (χ1) is 19.5. The molecule has 41 heavy (non-hydrogen) atoms. The molecule has 8 heteroatoms. The fraction of sp³-hybridized carbons (Fsp3) is 0.485. The predicted molar refractivity (Wildman–Crippen MR) is 163 cm³/mol. The Labute approximate surface area is 247 Å². The zero-order chi connectivity index (χ0) is 29.7. The Hall–Kier alpha value is -3.26. The highest BCUT2D eigenvalue weighted by Gasteiger charge is 2.35. The highest BCUT2D eigenvalue weighted by atomic mass is 32.2. The van der Waals surface area contributed by atoms with E-state index in [-0.39, 0.29) is 17.6 Å². The van der Waals surface area contributed by atoms with Crippen LogP contribution in [0, 0.1) is 20.8 Å². The maximum Gasteiger partial charge on any atom is 0.303 e. The van der Waals surface area contributed by atoms with Gasteiger partial charge < -0.3 is 14.6 Å². The van der Waals surface area contributed by atoms with E-state index in [0.29, 0.717) is 11.5 Å². The van der Waals surface area contributed by atoms with Gasteiger partial charge in [0, 0.05) is 13.5 Å². The first kappa shape index (κ1) is 30.7. The number of carbonyl (C=O) groups is 3. The Kier molecular flexibility index (Phi) is 9.84. The lowest BCUT2D eigenvalue weighted by Gasteiger charge is -2.38. The summed E-state index contributed by atoms with van der Waals surface area (Å²) in [6, 6.07) is 7.51. The van der Waals surface area contributed by atoms with Gasteiger partial charge in [-0.05, 0) is 123 Å². The number of amides is 2. The molecule has 1 fully saturated rings. The van der Waals surface area contributed by atoms with E-state index < -0.39 is 11.6 Å². The number of aliphatic carboxylic acids is 1. The van der Waals surface area contributed by atoms with E-state index >= 15 is 0 Å². The third-order valence-corrected chi connectivity index (χ3v) is 9.27. The van der Waals surface area contributed by atoms with Crippen molar-refractivity contribution in [2.24, 2.45) is 0 Å². The zero-order valence-electron chi connectivity index (χ0n) is 24.8. The summed E-state index contributed by atoms with van der Waals surface area (Å²) in [7, 11) is 1.49. The van der Waals surface area contributed by atoms with Crippen molar-refractivity contribution in [1.29, 1.82) is 0 Å². The second kappa shape index (κ2) is 13.1. The van der Waals surface area contributed by atoms with Crippen LogP contribution in [0.4, 0.5) is 4.79 Å². The summed E-state index contributed by atoms with van der Waals surface area (Å²) in [5.41, 5.74) is 6.96. The molecule has 0 bridgehead atoms. The minimum absolute atomic E-state index is 0.262. The Morgan fingerprint density at radius 2 is 1.73 bits per heavy atom. The average Bonchev–Trinajstić information content (AvgIpc) is 3.18. The van der Waals surface area contributed by atoms with Crippen LogP contribution in [0.15, 0.2) is 29.2 Å². The second-order valence-electron chi connectivity index (χ2n) is 11.5. The summed E-state index contributed by atoms with van der Waals surface area (Å²) in [6.07, 6.45) is 9.87. The van der Waals surface area contributed by atoms with Crippen LogP contribution in [-0.2, 0) is 22.4 Å². The lowest BCUT2D eigenvalue weighted by atomic mass is 9.84. The normalized spacial score (nSPS) is 19.4. The van der Waals surface area contributed by atoms with Crippen LogP contribution in [0.5, 0.6) is 11.5 Å². The fourth-order valence-corrected chi connectivity index (χ4v) is 6.39. The van der Waals surface area contributed by atoms with Gasteiger partial charge in [-0.25, -0.2) is 0 Å². The van der Waals surface area contributed by atoms with Crippen molar-refractivity contribution >= 4 is 35.0 Å². The Morgan fingerprint density at radius 3 is 2.39 bits per heavy atom. The van der Waals surface area contributed by atoms with Gasteiger partial charge in [-0.1, -0.05) is 31.4 Å². The van der Waals surface area contributed by atoms with Crippen molar-refractivity contribution in [3.05, 3.63) is 62.6 Å². The largest absolute Gasteiger partial charge is 0.489 e. The van der Waals surface area contributed by atoms with Crippen molar-refractivity contribution < 1.29 is 29.0 Å². The van der Waals surface area contributed by atoms with Crippen LogP contribution in [-0.4, -0.2) is 46.4 Å². The first-order valence-electron chi connectivity index (χ1n) is 14.5. The Balaban J connectivity index is 1.35. The predicted octanol–water partition coefficient (Wildman–Crippen LogP) is 7.41. The van der Waals surface area contributed by atoms with Crippen LogP contribution in [0.25, 0.3) is 6.08 Å². The number of imide groups is 1. The molecule has 2 aromatic rings. The number of hydrogen-bond acceptors (Lipinski definition) is 6. The van der Waals surface area contributed by atoms with Crippen LogP contribution in [0.2, 0.25) is 0 Å². The van der Waals surface area contributed by atoms with Gasteiger partial charge in [0.2, 0.25) is 0 Å². The second-order valence-corrected chi connectivity index (χ2v) is 12.5. The van der Waals surface area contributed by atoms with E-state index in [1.807, 2.05) is 24.3 Å². The highest BCUT2D eigenvalue weighted by molar-refractivity contribution is 8.18. The average molecular weight is 580 g/mol. The van der Waals surface area contributed by atoms with Gasteiger partial charge in [0.15, 0.2) is 0 Å². The van der Waals surface area contributed by atoms with E-state index in [1.54, 1.807) is 6.08 Å². The van der Waals surface area contributed by atoms with Gasteiger partial charge >= 0.3 is 5.97 Å². The molecule has 2 aliphatic heterocycles. The maximum atomic E-state index is 12.1. The summed E-state index contributed by atoms with van der Waals surface area (Å²) in [5.74, 6) is 0.736. The molecule has 0 aromatic heterocycles. The van der Waals surface area contributed by atoms with Crippen molar-refractivity contribution in [2.45, 2.75) is 91.1 Å². The van der Waals surface area contributed by atoms with E-state index in [0.717, 1.165) is 85.1 Å². The van der Waals surface area contributed by atoms with Gasteiger partial charge in [0.05, 0.1) is 4.91 Å². The molecule has 2 aliphatic rings. The first-order valence-corrected chi connectivity index (χ1v) is 15.3. The van der Waals surface area contributed by atoms with Gasteiger partial charge in [-0.3, -0.25) is 19.3 Å². The van der Waals surface area contributed by atoms with E-state index in [9.17, 15) is 14.4 Å². The summed E-state index contributed by atoms with van der Waals surface area (Å²) >= 11 is 0.950. The molecule has 0 saturated carbocycles. The molecule has 2 aromatic carbocycles. The van der Waals surface area contributed by atoms with Gasteiger partial charge in [-0.2, -0.15) is 0 Å². The molecule has 4 rings (SSSR count). The SMILES string of the molecule is Cc1c(C)c2c(c(C)c1CCCCCCCC(=O)O)CCC(C)(COc1ccc(C=C3SC(=O)N(C)C3=O)cc1)O2. The van der Waals surface area contributed by atoms with Crippen LogP contribution in [0.3, 0.4) is 0 Å². The molecule has 1 atom stereocenters. The van der Waals surface area contributed by atoms with Crippen molar-refractivity contribution in [3.8, 4) is 11.5 Å². The third-order valence-electron chi connectivity index (χ3n) is 8.31. The number of carboxylic acids is 1. The number of ether oxygens (including phenoxy) is 2. The number of nitrogens with zero attached hydrogens (tertiary/aromatic N) is 1. The molecular weight excluding hydrogens is 538 g/mol. The third kappa shape index (κ3) is 7.34. The monoisotopic (exact) mass is 579 g/mol. The standard InChI is InChI=1S/C33H41NO6S/c1-21-22(2)30-27(23(3)26(21)11-9-7-6-8-10-12-29(35)36)17-18-33(4,40-30)20-39-25-15-13-24(14-16-25)19-28-31(37)34(5)32(38)41-28/h13-16,19H,6-12,17-18,20H2,1-5H3,(H,35,36). The summed E-state index contributed by atoms with van der Waals surface area (Å²) in [6.45, 7) is 9.09. The van der Waals surface area contributed by atoms with E-state index in [4.69, 9.17) is 14.6 Å². The number of thioether (sulfide) groups is 1. The van der Waals surface area contributed by atoms with E-state index in [2.05, 4.69) is 27.7 Å². The van der Waals surface area contributed by atoms with Crippen molar-refractivity contribution in [3.63, 3.8) is 0 Å². The van der Waals surface area contributed by atoms with Crippen LogP contribution >= 0.6 is 11.8 Å². The molecule has 2 heterocycles. The molecule has 1 saturated heterocycles. The van der Waals surface area contributed by atoms with Crippen LogP contribution < -0.4 is 9.47 Å². The highest BCUT2D eigenvalue weighted by Crippen LogP contribution is 2.41. The molecule has 0 radical (unpaired) electrons. The fourth-order valence-electron chi connectivity index (χ4n) is 5.56. The lowest BCUT2D eigenvalue weighted by molar-refractivity contribution is -0.137. The minimum Gasteiger partial charge on any atom is -0.489 e. The topological polar surface area (TPSA) is 93.1 Å². The lowest BCUT2D eigenvalue weighted by Crippen LogP contribution is -2.42. The van der Waals surface area contributed by atoms with Gasteiger partial charge in [0.1, 0.15) is 23.7 Å². The van der Waals surface area contributed by atoms with Gasteiger partial charge in [0.25, 0.3) is 11.1 Å². The number of hydrogen-bond donors (Lipinski definition) is 1. The quantitative estimate of drug-likeness (QED) is 0.207. The molecule has 220 valence electrons.